The van der Waals surface area contributed by atoms with E-state index in [-0.39, 0.29) is 12.1 Å². The Balaban J connectivity index is 1.51. The van der Waals surface area contributed by atoms with Crippen molar-refractivity contribution in [3.63, 3.8) is 0 Å². The predicted octanol–water partition coefficient (Wildman–Crippen LogP) is 6.17. The van der Waals surface area contributed by atoms with Crippen LogP contribution in [0.5, 0.6) is 0 Å². The number of anilines is 1. The molecular formula is C25H23Cl3N2O. The van der Waals surface area contributed by atoms with Gasteiger partial charge in [-0.25, -0.2) is 0 Å². The highest BCUT2D eigenvalue weighted by molar-refractivity contribution is 6.36. The van der Waals surface area contributed by atoms with Crippen molar-refractivity contribution in [1.29, 1.82) is 0 Å². The van der Waals surface area contributed by atoms with Gasteiger partial charge in [0, 0.05) is 36.1 Å². The summed E-state index contributed by atoms with van der Waals surface area (Å²) < 4.78 is 0. The Hall–Kier alpha value is -1.75. The van der Waals surface area contributed by atoms with E-state index in [4.69, 9.17) is 34.8 Å². The van der Waals surface area contributed by atoms with Crippen molar-refractivity contribution in [3.8, 4) is 0 Å². The normalized spacial score (nSPS) is 23.7. The van der Waals surface area contributed by atoms with Gasteiger partial charge in [0.15, 0.2) is 0 Å². The average Bonchev–Trinajstić information content (AvgIpc) is 3.10. The molecule has 5 rings (SSSR count). The second-order valence-electron chi connectivity index (χ2n) is 8.27. The first-order valence-electron chi connectivity index (χ1n) is 10.5. The monoisotopic (exact) mass is 472 g/mol. The number of benzene rings is 3. The second kappa shape index (κ2) is 8.65. The summed E-state index contributed by atoms with van der Waals surface area (Å²) in [6, 6.07) is 22.1. The number of hydrogen-bond acceptors (Lipinski definition) is 3. The third-order valence-corrected chi connectivity index (χ3v) is 7.24. The standard InChI is InChI=1S/C25H23Cl3N2O/c26-18-7-5-16(6-8-18)23-15-29(25-20-4-2-1-3-17(20)13-24(25)31)11-12-30(23)22-10-9-19(27)14-21(22)28/h1-10,14,23-25,31H,11-13,15H2/t23-,24+,25+/m0/s1. The number of halogens is 3. The van der Waals surface area contributed by atoms with Crippen LogP contribution in [0.2, 0.25) is 15.1 Å². The zero-order valence-corrected chi connectivity index (χ0v) is 19.2. The van der Waals surface area contributed by atoms with E-state index < -0.39 is 6.10 Å². The van der Waals surface area contributed by atoms with E-state index >= 15 is 0 Å². The number of rotatable bonds is 3. The van der Waals surface area contributed by atoms with Crippen LogP contribution in [-0.2, 0) is 6.42 Å². The van der Waals surface area contributed by atoms with Crippen LogP contribution < -0.4 is 4.90 Å². The molecule has 6 heteroatoms. The van der Waals surface area contributed by atoms with E-state index in [2.05, 4.69) is 40.1 Å². The number of nitrogens with zero attached hydrogens (tertiary/aromatic N) is 2. The molecule has 3 atom stereocenters. The van der Waals surface area contributed by atoms with E-state index in [0.29, 0.717) is 21.5 Å². The zero-order chi connectivity index (χ0) is 21.5. The van der Waals surface area contributed by atoms with E-state index in [0.717, 1.165) is 25.3 Å². The quantitative estimate of drug-likeness (QED) is 0.493. The molecule has 3 aromatic carbocycles. The second-order valence-corrected chi connectivity index (χ2v) is 9.55. The minimum absolute atomic E-state index is 0.00819. The summed E-state index contributed by atoms with van der Waals surface area (Å²) in [5.74, 6) is 0. The molecule has 1 saturated heterocycles. The minimum Gasteiger partial charge on any atom is -0.391 e. The lowest BCUT2D eigenvalue weighted by Crippen LogP contribution is -2.51. The van der Waals surface area contributed by atoms with Gasteiger partial charge in [-0.05, 0) is 47.0 Å². The fourth-order valence-electron chi connectivity index (χ4n) is 5.02. The van der Waals surface area contributed by atoms with E-state index in [1.807, 2.05) is 30.3 Å². The van der Waals surface area contributed by atoms with Crippen molar-refractivity contribution >= 4 is 40.5 Å². The fourth-order valence-corrected chi connectivity index (χ4v) is 5.67. The number of hydrogen-bond donors (Lipinski definition) is 1. The van der Waals surface area contributed by atoms with Crippen LogP contribution >= 0.6 is 34.8 Å². The van der Waals surface area contributed by atoms with Gasteiger partial charge in [0.05, 0.1) is 28.9 Å². The maximum atomic E-state index is 10.9. The molecule has 0 amide bonds. The lowest BCUT2D eigenvalue weighted by Gasteiger charge is -2.46. The zero-order valence-electron chi connectivity index (χ0n) is 16.9. The van der Waals surface area contributed by atoms with Crippen molar-refractivity contribution in [2.45, 2.75) is 24.6 Å². The first kappa shape index (κ1) is 21.1. The fraction of sp³-hybridized carbons (Fsp3) is 0.280. The van der Waals surface area contributed by atoms with E-state index in [1.54, 1.807) is 6.07 Å². The number of aliphatic hydroxyl groups is 1. The van der Waals surface area contributed by atoms with Crippen molar-refractivity contribution in [1.82, 2.24) is 4.90 Å². The SMILES string of the molecule is O[C@@H]1Cc2ccccc2[C@H]1N1CCN(c2ccc(Cl)cc2Cl)[C@H](c2ccc(Cl)cc2)C1. The van der Waals surface area contributed by atoms with Crippen molar-refractivity contribution in [2.75, 3.05) is 24.5 Å². The van der Waals surface area contributed by atoms with Crippen molar-refractivity contribution in [3.05, 3.63) is 98.5 Å². The Morgan fingerprint density at radius 3 is 2.35 bits per heavy atom. The minimum atomic E-state index is -0.395. The van der Waals surface area contributed by atoms with Crippen LogP contribution in [0.3, 0.4) is 0 Å². The molecule has 1 N–H and O–H groups in total. The van der Waals surface area contributed by atoms with Crippen LogP contribution in [-0.4, -0.2) is 35.7 Å². The Kier molecular flexibility index (Phi) is 5.89. The lowest BCUT2D eigenvalue weighted by molar-refractivity contribution is 0.0489. The smallest absolute Gasteiger partial charge is 0.0777 e. The average molecular weight is 474 g/mol. The summed E-state index contributed by atoms with van der Waals surface area (Å²) in [5, 5.41) is 12.9. The Morgan fingerprint density at radius 2 is 1.58 bits per heavy atom. The Morgan fingerprint density at radius 1 is 0.839 bits per heavy atom. The third kappa shape index (κ3) is 4.06. The molecule has 0 unspecified atom stereocenters. The molecular weight excluding hydrogens is 451 g/mol. The maximum Gasteiger partial charge on any atom is 0.0777 e. The van der Waals surface area contributed by atoms with Gasteiger partial charge in [-0.15, -0.1) is 0 Å². The molecule has 1 fully saturated rings. The van der Waals surface area contributed by atoms with Gasteiger partial charge in [0.25, 0.3) is 0 Å². The molecule has 3 nitrogen and oxygen atoms in total. The molecule has 0 radical (unpaired) electrons. The number of aliphatic hydroxyl groups excluding tert-OH is 1. The molecule has 160 valence electrons. The van der Waals surface area contributed by atoms with Crippen LogP contribution in [0.4, 0.5) is 5.69 Å². The first-order valence-corrected chi connectivity index (χ1v) is 11.6. The van der Waals surface area contributed by atoms with Crippen LogP contribution in [0, 0.1) is 0 Å². The van der Waals surface area contributed by atoms with Gasteiger partial charge >= 0.3 is 0 Å². The summed E-state index contributed by atoms with van der Waals surface area (Å²) in [6.45, 7) is 2.40. The summed E-state index contributed by atoms with van der Waals surface area (Å²) in [4.78, 5) is 4.75. The van der Waals surface area contributed by atoms with Crippen molar-refractivity contribution < 1.29 is 5.11 Å². The van der Waals surface area contributed by atoms with Crippen LogP contribution in [0.25, 0.3) is 0 Å². The van der Waals surface area contributed by atoms with Gasteiger partial charge in [-0.2, -0.15) is 0 Å². The Labute approximate surface area is 197 Å². The molecule has 1 aliphatic carbocycles. The van der Waals surface area contributed by atoms with Crippen LogP contribution in [0.1, 0.15) is 28.8 Å². The topological polar surface area (TPSA) is 26.7 Å². The number of piperazine rings is 1. The maximum absolute atomic E-state index is 10.9. The summed E-state index contributed by atoms with van der Waals surface area (Å²) >= 11 is 18.9. The summed E-state index contributed by atoms with van der Waals surface area (Å²) in [6.07, 6.45) is 0.310. The third-order valence-electron chi connectivity index (χ3n) is 6.45. The van der Waals surface area contributed by atoms with Crippen molar-refractivity contribution in [2.24, 2.45) is 0 Å². The van der Waals surface area contributed by atoms with Crippen LogP contribution in [0.15, 0.2) is 66.7 Å². The largest absolute Gasteiger partial charge is 0.391 e. The molecule has 1 aliphatic heterocycles. The van der Waals surface area contributed by atoms with Gasteiger partial charge < -0.3 is 10.0 Å². The molecule has 0 aromatic heterocycles. The molecule has 31 heavy (non-hydrogen) atoms. The summed E-state index contributed by atoms with van der Waals surface area (Å²) in [5.41, 5.74) is 4.62. The van der Waals surface area contributed by atoms with Gasteiger partial charge in [0.2, 0.25) is 0 Å². The number of fused-ring (bicyclic) bond motifs is 1. The highest BCUT2D eigenvalue weighted by atomic mass is 35.5. The Bertz CT molecular complexity index is 1090. The van der Waals surface area contributed by atoms with E-state index in [1.165, 1.54) is 16.7 Å². The molecule has 0 spiro atoms. The summed E-state index contributed by atoms with van der Waals surface area (Å²) in [7, 11) is 0. The molecule has 0 saturated carbocycles. The highest BCUT2D eigenvalue weighted by Gasteiger charge is 2.39. The van der Waals surface area contributed by atoms with Gasteiger partial charge in [-0.1, -0.05) is 71.2 Å². The highest BCUT2D eigenvalue weighted by Crippen LogP contribution is 2.42. The van der Waals surface area contributed by atoms with Gasteiger partial charge in [0.1, 0.15) is 0 Å². The van der Waals surface area contributed by atoms with Gasteiger partial charge in [-0.3, -0.25) is 4.90 Å². The first-order chi connectivity index (χ1) is 15.0. The molecule has 2 aliphatic rings. The molecule has 0 bridgehead atoms. The lowest BCUT2D eigenvalue weighted by atomic mass is 9.98. The predicted molar refractivity (Wildman–Crippen MR) is 128 cm³/mol. The molecule has 3 aromatic rings. The molecule has 1 heterocycles. The van der Waals surface area contributed by atoms with E-state index in [9.17, 15) is 5.11 Å².